The van der Waals surface area contributed by atoms with E-state index in [1.54, 1.807) is 45.5 Å². The van der Waals surface area contributed by atoms with Gasteiger partial charge in [0.05, 0.1) is 44.0 Å². The fourth-order valence-electron chi connectivity index (χ4n) is 5.87. The first-order valence-electron chi connectivity index (χ1n) is 21.8. The molecule has 2 heteroatoms. The number of para-hydroxylation sites is 3. The molecule has 0 aliphatic heterocycles. The van der Waals surface area contributed by atoms with Crippen molar-refractivity contribution in [2.24, 2.45) is 0 Å². The first-order chi connectivity index (χ1) is 28.5. The number of rotatable bonds is 4. The maximum Gasteiger partial charge on any atom is 0.0651 e. The molecule has 0 spiro atoms. The van der Waals surface area contributed by atoms with E-state index in [1.807, 2.05) is 30.3 Å². The van der Waals surface area contributed by atoms with Crippen LogP contribution in [0.3, 0.4) is 0 Å². The predicted octanol–water partition coefficient (Wildman–Crippen LogP) is 11.2. The summed E-state index contributed by atoms with van der Waals surface area (Å²) in [5.74, 6) is 0. The van der Waals surface area contributed by atoms with E-state index >= 15 is 0 Å². The van der Waals surface area contributed by atoms with Crippen LogP contribution in [0.1, 0.15) is 21.9 Å². The number of hydrogen-bond donors (Lipinski definition) is 0. The molecule has 0 unspecified atom stereocenters. The maximum absolute atomic E-state index is 9.61. The summed E-state index contributed by atoms with van der Waals surface area (Å²) in [5.41, 5.74) is 0.660. The van der Waals surface area contributed by atoms with Crippen molar-refractivity contribution in [2.75, 3.05) is 0 Å². The molecule has 0 aliphatic rings. The molecular formula is C42H28N2. The molecule has 0 fully saturated rings. The van der Waals surface area contributed by atoms with E-state index in [9.17, 15) is 2.74 Å². The van der Waals surface area contributed by atoms with Gasteiger partial charge in [-0.3, -0.25) is 0 Å². The third-order valence-electron chi connectivity index (χ3n) is 7.74. The second kappa shape index (κ2) is 9.86. The first kappa shape index (κ1) is 13.6. The second-order valence-electron chi connectivity index (χ2n) is 10.2. The highest BCUT2D eigenvalue weighted by atomic mass is 15.0. The van der Waals surface area contributed by atoms with Crippen molar-refractivity contribution in [1.29, 1.82) is 0 Å². The first-order valence-corrected chi connectivity index (χ1v) is 13.8. The molecule has 7 aromatic carbocycles. The molecule has 0 aliphatic carbocycles. The van der Waals surface area contributed by atoms with Gasteiger partial charge in [0.2, 0.25) is 0 Å². The molecule has 2 heterocycles. The molecule has 0 amide bonds. The SMILES string of the molecule is [2H]c1cc([2H])c(-n2c3ccccc3c3cc(-n4c5ccccc5c5c([2H])c([2H])c([2H])c([2H])c54)ccc32)c([2H])c1-c1c([2H])c([2H])c([2H])c(-c2c([2H])c([2H])c([2H])c([2H])c2[2H])c1[2H]. The van der Waals surface area contributed by atoms with Crippen molar-refractivity contribution >= 4 is 43.6 Å². The Labute approximate surface area is 278 Å². The van der Waals surface area contributed by atoms with Crippen molar-refractivity contribution in [1.82, 2.24) is 9.13 Å². The van der Waals surface area contributed by atoms with E-state index in [0.29, 0.717) is 43.8 Å². The molecule has 0 radical (unpaired) electrons. The van der Waals surface area contributed by atoms with Crippen LogP contribution in [-0.2, 0) is 0 Å². The Morgan fingerprint density at radius 2 is 0.977 bits per heavy atom. The lowest BCUT2D eigenvalue weighted by Crippen LogP contribution is -1.96. The number of aromatic nitrogens is 2. The van der Waals surface area contributed by atoms with Crippen molar-refractivity contribution < 1.29 is 21.9 Å². The third kappa shape index (κ3) is 3.82. The van der Waals surface area contributed by atoms with Gasteiger partial charge in [-0.2, -0.15) is 0 Å². The molecule has 0 bridgehead atoms. The minimum absolute atomic E-state index is 0.0458. The van der Waals surface area contributed by atoms with Gasteiger partial charge in [-0.1, -0.05) is 115 Å². The smallest absolute Gasteiger partial charge is 0.0651 e. The predicted molar refractivity (Wildman–Crippen MR) is 186 cm³/mol. The number of hydrogen-bond acceptors (Lipinski definition) is 0. The normalized spacial score (nSPS) is 16.7. The van der Waals surface area contributed by atoms with Crippen LogP contribution in [0.5, 0.6) is 0 Å². The van der Waals surface area contributed by atoms with Crippen LogP contribution in [0.15, 0.2) is 169 Å². The lowest BCUT2D eigenvalue weighted by atomic mass is 9.99. The van der Waals surface area contributed by atoms with Crippen LogP contribution in [0.4, 0.5) is 0 Å². The summed E-state index contributed by atoms with van der Waals surface area (Å²) in [6.45, 7) is 0. The van der Waals surface area contributed by atoms with Gasteiger partial charge in [-0.15, -0.1) is 0 Å². The molecular weight excluding hydrogens is 532 g/mol. The van der Waals surface area contributed by atoms with Crippen molar-refractivity contribution in [3.05, 3.63) is 169 Å². The minimum Gasteiger partial charge on any atom is -0.309 e. The summed E-state index contributed by atoms with van der Waals surface area (Å²) >= 11 is 0. The molecule has 9 aromatic rings. The average molecular weight is 577 g/mol. The van der Waals surface area contributed by atoms with Crippen molar-refractivity contribution in [3.63, 3.8) is 0 Å². The fraction of sp³-hybridized carbons (Fsp3) is 0. The lowest BCUT2D eigenvalue weighted by Gasteiger charge is -2.12. The Balaban J connectivity index is 1.34. The summed E-state index contributed by atoms with van der Waals surface area (Å²) < 4.78 is 143. The Morgan fingerprint density at radius 1 is 0.364 bits per heavy atom. The molecule has 44 heavy (non-hydrogen) atoms. The van der Waals surface area contributed by atoms with Gasteiger partial charge in [0.25, 0.3) is 0 Å². The van der Waals surface area contributed by atoms with Gasteiger partial charge in [0.15, 0.2) is 0 Å². The topological polar surface area (TPSA) is 9.86 Å². The van der Waals surface area contributed by atoms with E-state index in [1.165, 1.54) is 0 Å². The van der Waals surface area contributed by atoms with Gasteiger partial charge in [-0.25, -0.2) is 0 Å². The Bertz CT molecular complexity index is 3370. The standard InChI is InChI=1S/C42H28N2/c1-2-12-29(13-3-1)30-14-10-15-31(26-30)32-16-11-17-33(27-32)43-41-23-9-6-20-37(41)38-28-34(24-25-42(38)43)44-39-21-7-4-18-35(39)36-19-5-8-22-40(36)44/h1-28H/i1D,2D,3D,4D,7D,10D,12D,13D,14D,15D,16D,17D,18D,21D,26D,27D. The monoisotopic (exact) mass is 576 g/mol. The summed E-state index contributed by atoms with van der Waals surface area (Å²) in [6.07, 6.45) is 0. The summed E-state index contributed by atoms with van der Waals surface area (Å²) in [4.78, 5) is 0. The van der Waals surface area contributed by atoms with Crippen molar-refractivity contribution in [2.45, 2.75) is 0 Å². The summed E-state index contributed by atoms with van der Waals surface area (Å²) in [7, 11) is 0. The quantitative estimate of drug-likeness (QED) is 0.197. The van der Waals surface area contributed by atoms with Gasteiger partial charge in [0.1, 0.15) is 0 Å². The summed E-state index contributed by atoms with van der Waals surface area (Å²) in [5, 5.41) is 2.33. The van der Waals surface area contributed by atoms with E-state index in [-0.39, 0.29) is 47.0 Å². The van der Waals surface area contributed by atoms with Crippen LogP contribution in [-0.4, -0.2) is 9.13 Å². The highest BCUT2D eigenvalue weighted by Gasteiger charge is 2.16. The Hall–Kier alpha value is -5.86. The lowest BCUT2D eigenvalue weighted by molar-refractivity contribution is 1.17. The molecule has 0 saturated heterocycles. The summed E-state index contributed by atoms with van der Waals surface area (Å²) in [6, 6.07) is 12.2. The van der Waals surface area contributed by atoms with Crippen LogP contribution in [0, 0.1) is 0 Å². The maximum atomic E-state index is 9.61. The minimum atomic E-state index is -0.752. The van der Waals surface area contributed by atoms with Gasteiger partial charge < -0.3 is 9.13 Å². The zero-order valence-electron chi connectivity index (χ0n) is 38.8. The Morgan fingerprint density at radius 3 is 1.80 bits per heavy atom. The Kier molecular flexibility index (Phi) is 3.05. The van der Waals surface area contributed by atoms with E-state index in [4.69, 9.17) is 19.2 Å². The molecule has 2 aromatic heterocycles. The van der Waals surface area contributed by atoms with Crippen molar-refractivity contribution in [3.8, 4) is 33.6 Å². The van der Waals surface area contributed by atoms with Gasteiger partial charge >= 0.3 is 0 Å². The molecule has 2 nitrogen and oxygen atoms in total. The highest BCUT2D eigenvalue weighted by Crippen LogP contribution is 2.37. The zero-order valence-corrected chi connectivity index (χ0v) is 22.8. The molecule has 0 saturated carbocycles. The molecule has 206 valence electrons. The number of nitrogens with zero attached hydrogens (tertiary/aromatic N) is 2. The van der Waals surface area contributed by atoms with Gasteiger partial charge in [0, 0.05) is 32.9 Å². The fourth-order valence-corrected chi connectivity index (χ4v) is 5.87. The average Bonchev–Trinajstić information content (AvgIpc) is 3.75. The van der Waals surface area contributed by atoms with E-state index in [2.05, 4.69) is 0 Å². The van der Waals surface area contributed by atoms with Crippen LogP contribution in [0.25, 0.3) is 77.2 Å². The number of fused-ring (bicyclic) bond motifs is 6. The highest BCUT2D eigenvalue weighted by molar-refractivity contribution is 6.12. The number of benzene rings is 7. The van der Waals surface area contributed by atoms with E-state index < -0.39 is 83.2 Å². The van der Waals surface area contributed by atoms with Gasteiger partial charge in [-0.05, 0) is 76.8 Å². The van der Waals surface area contributed by atoms with E-state index in [0.717, 1.165) is 6.07 Å². The van der Waals surface area contributed by atoms with Crippen LogP contribution in [0.2, 0.25) is 0 Å². The van der Waals surface area contributed by atoms with Crippen LogP contribution >= 0.6 is 0 Å². The van der Waals surface area contributed by atoms with Crippen LogP contribution < -0.4 is 0 Å². The second-order valence-corrected chi connectivity index (χ2v) is 10.2. The largest absolute Gasteiger partial charge is 0.309 e. The molecule has 9 rings (SSSR count). The molecule has 0 N–H and O–H groups in total. The zero-order chi connectivity index (χ0) is 43.0. The third-order valence-corrected chi connectivity index (χ3v) is 7.74. The molecule has 0 atom stereocenters.